The van der Waals surface area contributed by atoms with Gasteiger partial charge in [-0.2, -0.15) is 0 Å². The number of nitrogens with two attached hydrogens (primary N) is 1. The summed E-state index contributed by atoms with van der Waals surface area (Å²) in [5.41, 5.74) is 8.34. The quantitative estimate of drug-likeness (QED) is 0.746. The third-order valence-electron chi connectivity index (χ3n) is 2.71. The van der Waals surface area contributed by atoms with Crippen LogP contribution in [0, 0.1) is 0 Å². The van der Waals surface area contributed by atoms with Gasteiger partial charge in [-0.3, -0.25) is 0 Å². The molecule has 0 fully saturated rings. The Hall–Kier alpha value is -0.830. The third kappa shape index (κ3) is 1.27. The van der Waals surface area contributed by atoms with Crippen LogP contribution < -0.4 is 5.73 Å². The number of fused-ring (bicyclic) bond motifs is 1. The molecular weight excluding hydrogens is 162 g/mol. The molecule has 0 saturated carbocycles. The van der Waals surface area contributed by atoms with Gasteiger partial charge in [-0.25, -0.2) is 4.98 Å². The van der Waals surface area contributed by atoms with Crippen LogP contribution in [0.2, 0.25) is 0 Å². The maximum absolute atomic E-state index is 5.65. The van der Waals surface area contributed by atoms with Gasteiger partial charge in [0.15, 0.2) is 0 Å². The molecule has 2 N–H and O–H groups in total. The van der Waals surface area contributed by atoms with Crippen molar-refractivity contribution in [3.63, 3.8) is 0 Å². The lowest BCUT2D eigenvalue weighted by atomic mass is 10.1. The average molecular weight is 179 g/mol. The second-order valence-corrected chi connectivity index (χ2v) is 3.97. The first-order chi connectivity index (χ1) is 6.24. The van der Waals surface area contributed by atoms with Crippen LogP contribution in [0.1, 0.15) is 43.4 Å². The van der Waals surface area contributed by atoms with Gasteiger partial charge in [-0.05, 0) is 18.8 Å². The van der Waals surface area contributed by atoms with Gasteiger partial charge in [0.05, 0.1) is 12.2 Å². The fourth-order valence-electron chi connectivity index (χ4n) is 2.11. The Morgan fingerprint density at radius 2 is 2.31 bits per heavy atom. The Balaban J connectivity index is 2.48. The monoisotopic (exact) mass is 179 g/mol. The molecule has 1 aliphatic heterocycles. The molecule has 0 spiro atoms. The molecule has 1 aliphatic rings. The zero-order valence-corrected chi connectivity index (χ0v) is 8.38. The Labute approximate surface area is 79.0 Å². The zero-order valence-electron chi connectivity index (χ0n) is 8.38. The van der Waals surface area contributed by atoms with E-state index in [2.05, 4.69) is 23.4 Å². The lowest BCUT2D eigenvalue weighted by Crippen LogP contribution is -2.06. The number of aromatic nitrogens is 2. The summed E-state index contributed by atoms with van der Waals surface area (Å²) in [7, 11) is 0. The lowest BCUT2D eigenvalue weighted by molar-refractivity contribution is 0.688. The van der Waals surface area contributed by atoms with E-state index >= 15 is 0 Å². The molecule has 0 bridgehead atoms. The van der Waals surface area contributed by atoms with E-state index in [0.717, 1.165) is 12.4 Å². The molecule has 0 radical (unpaired) electrons. The molecule has 0 aromatic carbocycles. The number of hydrogen-bond acceptors (Lipinski definition) is 2. The van der Waals surface area contributed by atoms with E-state index in [1.165, 1.54) is 24.2 Å². The fraction of sp³-hybridized carbons (Fsp3) is 0.700. The van der Waals surface area contributed by atoms with E-state index in [9.17, 15) is 0 Å². The first kappa shape index (κ1) is 8.75. The van der Waals surface area contributed by atoms with Crippen molar-refractivity contribution in [2.24, 2.45) is 5.73 Å². The predicted octanol–water partition coefficient (Wildman–Crippen LogP) is 1.41. The van der Waals surface area contributed by atoms with Crippen LogP contribution in [0.3, 0.4) is 0 Å². The summed E-state index contributed by atoms with van der Waals surface area (Å²) in [5.74, 6) is 1.59. The van der Waals surface area contributed by atoms with Gasteiger partial charge in [0, 0.05) is 12.2 Å². The second-order valence-electron chi connectivity index (χ2n) is 3.97. The van der Waals surface area contributed by atoms with Crippen LogP contribution in [-0.2, 0) is 19.5 Å². The van der Waals surface area contributed by atoms with Gasteiger partial charge in [0.1, 0.15) is 5.82 Å². The third-order valence-corrected chi connectivity index (χ3v) is 2.71. The summed E-state index contributed by atoms with van der Waals surface area (Å²) < 4.78 is 2.30. The minimum atomic E-state index is 0.527. The minimum Gasteiger partial charge on any atom is -0.331 e. The Bertz CT molecular complexity index is 312. The molecule has 2 rings (SSSR count). The molecule has 3 heteroatoms. The fourth-order valence-corrected chi connectivity index (χ4v) is 2.11. The van der Waals surface area contributed by atoms with Gasteiger partial charge in [0.2, 0.25) is 0 Å². The standard InChI is InChI=1S/C10H17N3/c1-7(2)10-8-4-3-5-13(8)9(6-11)12-10/h7H,3-6,11H2,1-2H3. The molecule has 0 aliphatic carbocycles. The Morgan fingerprint density at radius 3 is 2.92 bits per heavy atom. The number of hydrogen-bond donors (Lipinski definition) is 1. The van der Waals surface area contributed by atoms with Crippen molar-refractivity contribution >= 4 is 0 Å². The molecule has 2 heterocycles. The summed E-state index contributed by atoms with van der Waals surface area (Å²) in [6, 6.07) is 0. The Morgan fingerprint density at radius 1 is 1.54 bits per heavy atom. The molecule has 0 unspecified atom stereocenters. The highest BCUT2D eigenvalue weighted by Gasteiger charge is 2.21. The Kier molecular flexibility index (Phi) is 2.12. The van der Waals surface area contributed by atoms with Crippen LogP contribution in [0.15, 0.2) is 0 Å². The average Bonchev–Trinajstić information content (AvgIpc) is 2.61. The number of rotatable bonds is 2. The summed E-state index contributed by atoms with van der Waals surface area (Å²) >= 11 is 0. The molecule has 1 aromatic rings. The zero-order chi connectivity index (χ0) is 9.42. The highest BCUT2D eigenvalue weighted by molar-refractivity contribution is 5.23. The highest BCUT2D eigenvalue weighted by atomic mass is 15.1. The minimum absolute atomic E-state index is 0.527. The van der Waals surface area contributed by atoms with Crippen LogP contribution >= 0.6 is 0 Å². The maximum atomic E-state index is 5.65. The predicted molar refractivity (Wildman–Crippen MR) is 52.5 cm³/mol. The molecule has 0 atom stereocenters. The normalized spacial score (nSPS) is 15.4. The van der Waals surface area contributed by atoms with E-state index in [-0.39, 0.29) is 0 Å². The molecular formula is C10H17N3. The number of nitrogens with zero attached hydrogens (tertiary/aromatic N) is 2. The van der Waals surface area contributed by atoms with E-state index in [1.807, 2.05) is 0 Å². The summed E-state index contributed by atoms with van der Waals surface area (Å²) in [6.45, 7) is 6.07. The molecule has 3 nitrogen and oxygen atoms in total. The number of imidazole rings is 1. The van der Waals surface area contributed by atoms with E-state index in [4.69, 9.17) is 5.73 Å². The van der Waals surface area contributed by atoms with Crippen molar-refractivity contribution in [3.8, 4) is 0 Å². The molecule has 0 saturated heterocycles. The van der Waals surface area contributed by atoms with E-state index in [0.29, 0.717) is 12.5 Å². The highest BCUT2D eigenvalue weighted by Crippen LogP contribution is 2.26. The maximum Gasteiger partial charge on any atom is 0.123 e. The first-order valence-electron chi connectivity index (χ1n) is 5.02. The largest absolute Gasteiger partial charge is 0.331 e. The SMILES string of the molecule is CC(C)c1nc(CN)n2c1CCC2. The van der Waals surface area contributed by atoms with E-state index < -0.39 is 0 Å². The topological polar surface area (TPSA) is 43.8 Å². The molecule has 1 aromatic heterocycles. The van der Waals surface area contributed by atoms with Crippen molar-refractivity contribution < 1.29 is 0 Å². The molecule has 72 valence electrons. The summed E-state index contributed by atoms with van der Waals surface area (Å²) in [4.78, 5) is 4.59. The van der Waals surface area contributed by atoms with Gasteiger partial charge < -0.3 is 10.3 Å². The van der Waals surface area contributed by atoms with Crippen molar-refractivity contribution in [1.29, 1.82) is 0 Å². The molecule has 0 amide bonds. The molecule has 13 heavy (non-hydrogen) atoms. The summed E-state index contributed by atoms with van der Waals surface area (Å²) in [6.07, 6.45) is 2.44. The van der Waals surface area contributed by atoms with Crippen molar-refractivity contribution in [2.45, 2.75) is 45.7 Å². The van der Waals surface area contributed by atoms with Crippen molar-refractivity contribution in [1.82, 2.24) is 9.55 Å². The first-order valence-corrected chi connectivity index (χ1v) is 5.02. The van der Waals surface area contributed by atoms with Crippen LogP contribution in [0.5, 0.6) is 0 Å². The summed E-state index contributed by atoms with van der Waals surface area (Å²) in [5, 5.41) is 0. The van der Waals surface area contributed by atoms with Crippen LogP contribution in [-0.4, -0.2) is 9.55 Å². The van der Waals surface area contributed by atoms with Crippen molar-refractivity contribution in [2.75, 3.05) is 0 Å². The second kappa shape index (κ2) is 3.14. The van der Waals surface area contributed by atoms with Gasteiger partial charge in [-0.1, -0.05) is 13.8 Å². The van der Waals surface area contributed by atoms with Crippen LogP contribution in [0.25, 0.3) is 0 Å². The van der Waals surface area contributed by atoms with Crippen LogP contribution in [0.4, 0.5) is 0 Å². The van der Waals surface area contributed by atoms with Gasteiger partial charge in [0.25, 0.3) is 0 Å². The van der Waals surface area contributed by atoms with Crippen molar-refractivity contribution in [3.05, 3.63) is 17.2 Å². The lowest BCUT2D eigenvalue weighted by Gasteiger charge is -2.02. The smallest absolute Gasteiger partial charge is 0.123 e. The van der Waals surface area contributed by atoms with Gasteiger partial charge in [-0.15, -0.1) is 0 Å². The van der Waals surface area contributed by atoms with E-state index in [1.54, 1.807) is 0 Å². The van der Waals surface area contributed by atoms with Gasteiger partial charge >= 0.3 is 0 Å².